The number of methoxy groups -OCH3 is 2. The third kappa shape index (κ3) is 3.80. The molecule has 2 N–H and O–H groups in total. The molecule has 1 aliphatic rings. The van der Waals surface area contributed by atoms with Gasteiger partial charge in [0.2, 0.25) is 0 Å². The fourth-order valence-electron chi connectivity index (χ4n) is 2.62. The van der Waals surface area contributed by atoms with E-state index in [-0.39, 0.29) is 22.2 Å². The average molecular weight is 510 g/mol. The van der Waals surface area contributed by atoms with E-state index in [1.807, 2.05) is 22.6 Å². The van der Waals surface area contributed by atoms with Crippen LogP contribution in [0.2, 0.25) is 0 Å². The Morgan fingerprint density at radius 3 is 2.43 bits per heavy atom. The van der Waals surface area contributed by atoms with Crippen LogP contribution in [0.15, 0.2) is 42.0 Å². The number of nitrogens with zero attached hydrogens (tertiary/aromatic N) is 1. The molecule has 0 unspecified atom stereocenters. The number of hydrogen-bond acceptors (Lipinski definition) is 6. The summed E-state index contributed by atoms with van der Waals surface area (Å²) < 4.78 is 10.8. The van der Waals surface area contributed by atoms with Crippen molar-refractivity contribution < 1.29 is 24.2 Å². The van der Waals surface area contributed by atoms with Gasteiger partial charge in [-0.05, 0) is 82.8 Å². The van der Waals surface area contributed by atoms with Crippen LogP contribution in [0, 0.1) is 3.57 Å². The molecule has 1 heterocycles. The van der Waals surface area contributed by atoms with Crippen molar-refractivity contribution in [1.29, 1.82) is 0 Å². The van der Waals surface area contributed by atoms with Gasteiger partial charge < -0.3 is 14.6 Å². The molecule has 3 rings (SSSR count). The Bertz CT molecular complexity index is 1000. The highest BCUT2D eigenvalue weighted by molar-refractivity contribution is 14.1. The first kappa shape index (κ1) is 20.1. The molecule has 0 aromatic heterocycles. The lowest BCUT2D eigenvalue weighted by Crippen LogP contribution is -2.54. The van der Waals surface area contributed by atoms with E-state index in [0.717, 1.165) is 0 Å². The van der Waals surface area contributed by atoms with E-state index in [4.69, 9.17) is 21.7 Å². The van der Waals surface area contributed by atoms with Crippen LogP contribution in [0.3, 0.4) is 0 Å². The summed E-state index contributed by atoms with van der Waals surface area (Å²) in [4.78, 5) is 26.6. The minimum absolute atomic E-state index is 0.00446. The monoisotopic (exact) mass is 510 g/mol. The molecule has 0 spiro atoms. The SMILES string of the molecule is COc1ccc(N2C(=O)/C(=C\c3cc(I)c(O)c(OC)c3)C(=O)NC2=S)cc1. The second-order valence-electron chi connectivity index (χ2n) is 5.71. The molecule has 0 aliphatic carbocycles. The van der Waals surface area contributed by atoms with Crippen molar-refractivity contribution in [3.63, 3.8) is 0 Å². The summed E-state index contributed by atoms with van der Waals surface area (Å²) in [6.07, 6.45) is 1.43. The molecule has 2 aromatic rings. The van der Waals surface area contributed by atoms with Gasteiger partial charge in [0.05, 0.1) is 23.5 Å². The number of benzene rings is 2. The minimum Gasteiger partial charge on any atom is -0.504 e. The molecule has 2 amide bonds. The third-order valence-corrected chi connectivity index (χ3v) is 5.12. The lowest BCUT2D eigenvalue weighted by molar-refractivity contribution is -0.122. The van der Waals surface area contributed by atoms with E-state index in [9.17, 15) is 14.7 Å². The van der Waals surface area contributed by atoms with E-state index < -0.39 is 11.8 Å². The molecule has 0 saturated carbocycles. The summed E-state index contributed by atoms with van der Waals surface area (Å²) in [7, 11) is 2.96. The molecule has 7 nitrogen and oxygen atoms in total. The summed E-state index contributed by atoms with van der Waals surface area (Å²) in [6.45, 7) is 0. The number of nitrogens with one attached hydrogen (secondary N) is 1. The quantitative estimate of drug-likeness (QED) is 0.285. The predicted molar refractivity (Wildman–Crippen MR) is 117 cm³/mol. The highest BCUT2D eigenvalue weighted by atomic mass is 127. The van der Waals surface area contributed by atoms with Gasteiger partial charge >= 0.3 is 0 Å². The summed E-state index contributed by atoms with van der Waals surface area (Å²) >= 11 is 7.12. The van der Waals surface area contributed by atoms with E-state index in [2.05, 4.69) is 5.32 Å². The predicted octanol–water partition coefficient (Wildman–Crippen LogP) is 2.85. The molecule has 1 saturated heterocycles. The van der Waals surface area contributed by atoms with Crippen LogP contribution >= 0.6 is 34.8 Å². The van der Waals surface area contributed by atoms with Gasteiger partial charge in [-0.25, -0.2) is 0 Å². The maximum Gasteiger partial charge on any atom is 0.270 e. The number of amides is 2. The lowest BCUT2D eigenvalue weighted by atomic mass is 10.1. The van der Waals surface area contributed by atoms with Gasteiger partial charge in [-0.15, -0.1) is 0 Å². The Morgan fingerprint density at radius 1 is 1.14 bits per heavy atom. The molecular formula is C19H15IN2O5S. The fourth-order valence-corrected chi connectivity index (χ4v) is 3.53. The van der Waals surface area contributed by atoms with Gasteiger partial charge in [-0.2, -0.15) is 0 Å². The number of carbonyl (C=O) groups excluding carboxylic acids is 2. The number of anilines is 1. The highest BCUT2D eigenvalue weighted by Crippen LogP contribution is 2.33. The number of thiocarbonyl (C=S) groups is 1. The number of aromatic hydroxyl groups is 1. The van der Waals surface area contributed by atoms with Crippen molar-refractivity contribution in [1.82, 2.24) is 5.32 Å². The Kier molecular flexibility index (Phi) is 5.84. The molecule has 2 aromatic carbocycles. The Balaban J connectivity index is 2.02. The van der Waals surface area contributed by atoms with Gasteiger partial charge in [-0.1, -0.05) is 0 Å². The van der Waals surface area contributed by atoms with Gasteiger partial charge in [0.1, 0.15) is 11.3 Å². The largest absolute Gasteiger partial charge is 0.504 e. The smallest absolute Gasteiger partial charge is 0.270 e. The van der Waals surface area contributed by atoms with Crippen LogP contribution in [-0.4, -0.2) is 36.3 Å². The van der Waals surface area contributed by atoms with Crippen LogP contribution in [0.4, 0.5) is 5.69 Å². The standard InChI is InChI=1S/C19H15IN2O5S/c1-26-12-5-3-11(4-6-12)22-18(25)13(17(24)21-19(22)28)7-10-8-14(20)16(23)15(9-10)27-2/h3-9,23H,1-2H3,(H,21,24,28)/b13-7-. The number of ether oxygens (including phenoxy) is 2. The molecule has 144 valence electrons. The second-order valence-corrected chi connectivity index (χ2v) is 7.26. The molecular weight excluding hydrogens is 495 g/mol. The first-order valence-corrected chi connectivity index (χ1v) is 9.46. The first-order chi connectivity index (χ1) is 13.3. The van der Waals surface area contributed by atoms with E-state index in [0.29, 0.717) is 20.6 Å². The number of rotatable bonds is 4. The van der Waals surface area contributed by atoms with Crippen LogP contribution in [-0.2, 0) is 9.59 Å². The van der Waals surface area contributed by atoms with Gasteiger partial charge in [0, 0.05) is 0 Å². The summed E-state index contributed by atoms with van der Waals surface area (Å²) in [5, 5.41) is 12.5. The van der Waals surface area contributed by atoms with E-state index in [1.54, 1.807) is 37.4 Å². The number of phenols is 1. The van der Waals surface area contributed by atoms with Crippen LogP contribution in [0.25, 0.3) is 6.08 Å². The Hall–Kier alpha value is -2.66. The van der Waals surface area contributed by atoms with Crippen molar-refractivity contribution in [2.24, 2.45) is 0 Å². The lowest BCUT2D eigenvalue weighted by Gasteiger charge is -2.29. The maximum absolute atomic E-state index is 13.0. The van der Waals surface area contributed by atoms with Gasteiger partial charge in [0.15, 0.2) is 16.6 Å². The van der Waals surface area contributed by atoms with Crippen molar-refractivity contribution in [3.8, 4) is 17.2 Å². The normalized spacial score (nSPS) is 15.6. The molecule has 1 fully saturated rings. The summed E-state index contributed by atoms with van der Waals surface area (Å²) in [5.74, 6) is -0.289. The topological polar surface area (TPSA) is 88.1 Å². The minimum atomic E-state index is -0.596. The van der Waals surface area contributed by atoms with Crippen LogP contribution in [0.5, 0.6) is 17.2 Å². The first-order valence-electron chi connectivity index (χ1n) is 7.97. The van der Waals surface area contributed by atoms with Crippen LogP contribution < -0.4 is 19.7 Å². The van der Waals surface area contributed by atoms with Crippen molar-refractivity contribution in [2.45, 2.75) is 0 Å². The van der Waals surface area contributed by atoms with Gasteiger partial charge in [0.25, 0.3) is 11.8 Å². The number of halogens is 1. The van der Waals surface area contributed by atoms with Crippen molar-refractivity contribution in [2.75, 3.05) is 19.1 Å². The third-order valence-electron chi connectivity index (χ3n) is 4.01. The second kappa shape index (κ2) is 8.15. The fraction of sp³-hybridized carbons (Fsp3) is 0.105. The Morgan fingerprint density at radius 2 is 1.82 bits per heavy atom. The van der Waals surface area contributed by atoms with Crippen LogP contribution in [0.1, 0.15) is 5.56 Å². The van der Waals surface area contributed by atoms with Crippen molar-refractivity contribution in [3.05, 3.63) is 51.1 Å². The summed E-state index contributed by atoms with van der Waals surface area (Å²) in [5.41, 5.74) is 0.938. The summed E-state index contributed by atoms with van der Waals surface area (Å²) in [6, 6.07) is 9.90. The maximum atomic E-state index is 13.0. The number of carbonyl (C=O) groups is 2. The molecule has 0 bridgehead atoms. The Labute approximate surface area is 180 Å². The zero-order valence-corrected chi connectivity index (χ0v) is 17.8. The number of phenolic OH excluding ortho intramolecular Hbond substituents is 1. The molecule has 28 heavy (non-hydrogen) atoms. The molecule has 1 aliphatic heterocycles. The average Bonchev–Trinajstić information content (AvgIpc) is 2.68. The van der Waals surface area contributed by atoms with Gasteiger partial charge in [-0.3, -0.25) is 19.8 Å². The number of hydrogen-bond donors (Lipinski definition) is 2. The zero-order valence-electron chi connectivity index (χ0n) is 14.9. The van der Waals surface area contributed by atoms with Crippen molar-refractivity contribution >= 4 is 63.5 Å². The molecule has 9 heteroatoms. The van der Waals surface area contributed by atoms with E-state index >= 15 is 0 Å². The molecule has 0 atom stereocenters. The molecule has 0 radical (unpaired) electrons. The van der Waals surface area contributed by atoms with E-state index in [1.165, 1.54) is 24.2 Å². The highest BCUT2D eigenvalue weighted by Gasteiger charge is 2.34. The zero-order chi connectivity index (χ0) is 20.4.